The maximum absolute atomic E-state index is 9.13. The van der Waals surface area contributed by atoms with Crippen molar-refractivity contribution < 1.29 is 9.59 Å². The molecule has 2 radical (unpaired) electrons. The highest BCUT2D eigenvalue weighted by atomic mass is 28.3. The number of unbranched alkanes of at least 4 members (excludes halogenated alkanes) is 5. The minimum Gasteiger partial charge on any atom is -0.432 e. The second kappa shape index (κ2) is 9.89. The second-order valence-electron chi connectivity index (χ2n) is 4.09. The Kier molecular flexibility index (Phi) is 10.1. The summed E-state index contributed by atoms with van der Waals surface area (Å²) in [6.45, 7) is 3.91. The Bertz CT molecular complexity index is 105. The summed E-state index contributed by atoms with van der Waals surface area (Å²) in [6.07, 6.45) is 7.53. The van der Waals surface area contributed by atoms with Crippen LogP contribution in [0.5, 0.6) is 0 Å². The quantitative estimate of drug-likeness (QED) is 0.474. The molecule has 0 bridgehead atoms. The van der Waals surface area contributed by atoms with Crippen LogP contribution in [0.2, 0.25) is 25.2 Å². The molecular formula is C10H24O2Si2. The molecule has 2 N–H and O–H groups in total. The van der Waals surface area contributed by atoms with Crippen LogP contribution < -0.4 is 0 Å². The molecule has 0 fully saturated rings. The Morgan fingerprint density at radius 3 is 1.21 bits per heavy atom. The van der Waals surface area contributed by atoms with Gasteiger partial charge in [-0.3, -0.25) is 0 Å². The molecule has 0 aliphatic heterocycles. The maximum Gasteiger partial charge on any atom is 0.203 e. The van der Waals surface area contributed by atoms with Gasteiger partial charge < -0.3 is 9.59 Å². The van der Waals surface area contributed by atoms with E-state index in [1.165, 1.54) is 38.5 Å². The molecule has 14 heavy (non-hydrogen) atoms. The smallest absolute Gasteiger partial charge is 0.203 e. The fourth-order valence-electron chi connectivity index (χ4n) is 1.47. The van der Waals surface area contributed by atoms with E-state index in [4.69, 9.17) is 9.59 Å². The third-order valence-electron chi connectivity index (χ3n) is 2.33. The average Bonchev–Trinajstić information content (AvgIpc) is 2.08. The second-order valence-corrected chi connectivity index (χ2v) is 8.03. The van der Waals surface area contributed by atoms with Crippen molar-refractivity contribution in [3.05, 3.63) is 0 Å². The summed E-state index contributed by atoms with van der Waals surface area (Å²) in [5, 5.41) is 0. The minimum atomic E-state index is -0.972. The zero-order valence-corrected chi connectivity index (χ0v) is 11.6. The molecule has 0 saturated carbocycles. The van der Waals surface area contributed by atoms with Crippen molar-refractivity contribution in [1.82, 2.24) is 0 Å². The van der Waals surface area contributed by atoms with Crippen LogP contribution in [0.15, 0.2) is 0 Å². The van der Waals surface area contributed by atoms with Crippen molar-refractivity contribution in [2.75, 3.05) is 0 Å². The topological polar surface area (TPSA) is 40.5 Å². The van der Waals surface area contributed by atoms with Crippen LogP contribution in [0.4, 0.5) is 0 Å². The van der Waals surface area contributed by atoms with Crippen LogP contribution in [0.25, 0.3) is 0 Å². The van der Waals surface area contributed by atoms with Crippen molar-refractivity contribution >= 4 is 18.1 Å². The third-order valence-corrected chi connectivity index (χ3v) is 4.48. The molecule has 0 unspecified atom stereocenters. The van der Waals surface area contributed by atoms with E-state index in [9.17, 15) is 0 Å². The van der Waals surface area contributed by atoms with E-state index in [0.717, 1.165) is 12.1 Å². The van der Waals surface area contributed by atoms with Crippen LogP contribution in [-0.2, 0) is 0 Å². The molecule has 2 nitrogen and oxygen atoms in total. The van der Waals surface area contributed by atoms with E-state index in [-0.39, 0.29) is 0 Å². The summed E-state index contributed by atoms with van der Waals surface area (Å²) >= 11 is 0. The predicted octanol–water partition coefficient (Wildman–Crippen LogP) is 2.55. The Balaban J connectivity index is 2.92. The molecule has 4 heteroatoms. The lowest BCUT2D eigenvalue weighted by atomic mass is 10.1. The van der Waals surface area contributed by atoms with Crippen molar-refractivity contribution in [3.8, 4) is 0 Å². The SMILES string of the molecule is C[Si](O)CCCCCCCC[Si](C)O. The van der Waals surface area contributed by atoms with Gasteiger partial charge in [-0.2, -0.15) is 0 Å². The molecule has 0 saturated heterocycles. The Labute approximate surface area is 91.8 Å². The minimum absolute atomic E-state index is 0.972. The highest BCUT2D eigenvalue weighted by Gasteiger charge is 2.00. The number of rotatable bonds is 9. The molecule has 0 amide bonds. The Hall–Kier alpha value is 0.354. The Morgan fingerprint density at radius 2 is 0.929 bits per heavy atom. The molecule has 0 atom stereocenters. The highest BCUT2D eigenvalue weighted by Crippen LogP contribution is 2.10. The summed E-state index contributed by atoms with van der Waals surface area (Å²) in [4.78, 5) is 18.3. The highest BCUT2D eigenvalue weighted by molar-refractivity contribution is 6.48. The lowest BCUT2D eigenvalue weighted by Gasteiger charge is -2.03. The molecule has 0 heterocycles. The molecule has 0 aliphatic rings. The van der Waals surface area contributed by atoms with Gasteiger partial charge in [0, 0.05) is 0 Å². The first-order chi connectivity index (χ1) is 6.63. The lowest BCUT2D eigenvalue weighted by molar-refractivity contribution is 0.552. The largest absolute Gasteiger partial charge is 0.432 e. The van der Waals surface area contributed by atoms with Gasteiger partial charge in [0.05, 0.1) is 0 Å². The van der Waals surface area contributed by atoms with Gasteiger partial charge in [0.2, 0.25) is 18.1 Å². The van der Waals surface area contributed by atoms with Gasteiger partial charge in [-0.05, 0) is 25.2 Å². The first-order valence-electron chi connectivity index (χ1n) is 5.65. The summed E-state index contributed by atoms with van der Waals surface area (Å²) in [6, 6.07) is 2.09. The van der Waals surface area contributed by atoms with Gasteiger partial charge in [0.15, 0.2) is 0 Å². The standard InChI is InChI=1S/C10H24O2Si2/c1-13(11)9-7-5-3-4-6-8-10-14(2)12/h11-12H,3-10H2,1-2H3. The molecule has 84 valence electrons. The molecule has 0 spiro atoms. The van der Waals surface area contributed by atoms with Gasteiger partial charge in [-0.1, -0.05) is 38.5 Å². The molecular weight excluding hydrogens is 208 g/mol. The van der Waals surface area contributed by atoms with E-state index in [1.54, 1.807) is 0 Å². The van der Waals surface area contributed by atoms with E-state index in [2.05, 4.69) is 0 Å². The molecule has 0 rings (SSSR count). The van der Waals surface area contributed by atoms with Gasteiger partial charge in [0.1, 0.15) is 0 Å². The predicted molar refractivity (Wildman–Crippen MR) is 65.0 cm³/mol. The fourth-order valence-corrected chi connectivity index (χ4v) is 2.99. The molecule has 0 aliphatic carbocycles. The normalized spacial score (nSPS) is 11.6. The fraction of sp³-hybridized carbons (Fsp3) is 1.00. The number of hydrogen-bond donors (Lipinski definition) is 2. The van der Waals surface area contributed by atoms with Crippen molar-refractivity contribution in [1.29, 1.82) is 0 Å². The van der Waals surface area contributed by atoms with Gasteiger partial charge in [-0.25, -0.2) is 0 Å². The van der Waals surface area contributed by atoms with E-state index in [1.807, 2.05) is 13.1 Å². The van der Waals surface area contributed by atoms with Crippen LogP contribution in [0.3, 0.4) is 0 Å². The number of hydrogen-bond acceptors (Lipinski definition) is 2. The van der Waals surface area contributed by atoms with Crippen molar-refractivity contribution in [2.24, 2.45) is 0 Å². The van der Waals surface area contributed by atoms with E-state index >= 15 is 0 Å². The van der Waals surface area contributed by atoms with Crippen LogP contribution in [-0.4, -0.2) is 27.7 Å². The van der Waals surface area contributed by atoms with Gasteiger partial charge >= 0.3 is 0 Å². The van der Waals surface area contributed by atoms with Crippen LogP contribution >= 0.6 is 0 Å². The maximum atomic E-state index is 9.13. The zero-order valence-electron chi connectivity index (χ0n) is 9.55. The third kappa shape index (κ3) is 12.4. The first-order valence-corrected chi connectivity index (χ1v) is 9.96. The van der Waals surface area contributed by atoms with Gasteiger partial charge in [-0.15, -0.1) is 0 Å². The molecule has 0 aromatic rings. The molecule has 0 aromatic heterocycles. The van der Waals surface area contributed by atoms with E-state index < -0.39 is 18.1 Å². The zero-order chi connectivity index (χ0) is 10.8. The summed E-state index contributed by atoms with van der Waals surface area (Å²) in [5.41, 5.74) is 0. The first kappa shape index (κ1) is 14.4. The summed E-state index contributed by atoms with van der Waals surface area (Å²) < 4.78 is 0. The summed E-state index contributed by atoms with van der Waals surface area (Å²) in [5.74, 6) is 0. The van der Waals surface area contributed by atoms with Crippen molar-refractivity contribution in [3.63, 3.8) is 0 Å². The average molecular weight is 232 g/mol. The molecule has 0 aromatic carbocycles. The monoisotopic (exact) mass is 232 g/mol. The van der Waals surface area contributed by atoms with Crippen LogP contribution in [0.1, 0.15) is 38.5 Å². The van der Waals surface area contributed by atoms with Crippen molar-refractivity contribution in [2.45, 2.75) is 63.7 Å². The summed E-state index contributed by atoms with van der Waals surface area (Å²) in [7, 11) is -1.94. The van der Waals surface area contributed by atoms with Crippen LogP contribution in [0, 0.1) is 0 Å². The Morgan fingerprint density at radius 1 is 0.643 bits per heavy atom. The van der Waals surface area contributed by atoms with Gasteiger partial charge in [0.25, 0.3) is 0 Å². The van der Waals surface area contributed by atoms with E-state index in [0.29, 0.717) is 0 Å². The lowest BCUT2D eigenvalue weighted by Crippen LogP contribution is -2.04.